The number of carbonyl (C=O) groups excluding carboxylic acids is 1. The number of likely N-dealkylation sites (tertiary alicyclic amines) is 1. The minimum atomic E-state index is -0.0968. The second kappa shape index (κ2) is 5.36. The number of methoxy groups -OCH3 is 1. The predicted octanol–water partition coefficient (Wildman–Crippen LogP) is 1.30. The predicted molar refractivity (Wildman–Crippen MR) is 64.7 cm³/mol. The summed E-state index contributed by atoms with van der Waals surface area (Å²) in [5.74, 6) is 0.583. The summed E-state index contributed by atoms with van der Waals surface area (Å²) in [7, 11) is 3.64. The van der Waals surface area contributed by atoms with Gasteiger partial charge in [0.05, 0.1) is 20.3 Å². The van der Waals surface area contributed by atoms with Crippen molar-refractivity contribution in [3.8, 4) is 0 Å². The van der Waals surface area contributed by atoms with Gasteiger partial charge in [-0.05, 0) is 38.8 Å². The van der Waals surface area contributed by atoms with Crippen molar-refractivity contribution in [2.75, 3.05) is 40.5 Å². The standard InChI is InChI=1S/C13H23NO3/c1-14-7-3-4-11(8-14)13(9-17-10-13)6-5-12(15)16-2/h11H,3-10H2,1-2H3. The van der Waals surface area contributed by atoms with Gasteiger partial charge < -0.3 is 14.4 Å². The lowest BCUT2D eigenvalue weighted by Gasteiger charge is -2.50. The number of carbonyl (C=O) groups is 1. The summed E-state index contributed by atoms with van der Waals surface area (Å²) in [5, 5.41) is 0. The van der Waals surface area contributed by atoms with Crippen LogP contribution in [-0.2, 0) is 14.3 Å². The second-order valence-electron chi connectivity index (χ2n) is 5.53. The maximum Gasteiger partial charge on any atom is 0.305 e. The Labute approximate surface area is 103 Å². The summed E-state index contributed by atoms with van der Waals surface area (Å²) in [5.41, 5.74) is 0.239. The number of esters is 1. The third-order valence-electron chi connectivity index (χ3n) is 4.32. The van der Waals surface area contributed by atoms with Crippen LogP contribution >= 0.6 is 0 Å². The fraction of sp³-hybridized carbons (Fsp3) is 0.923. The Morgan fingerprint density at radius 2 is 2.29 bits per heavy atom. The Balaban J connectivity index is 1.91. The molecule has 0 aromatic rings. The minimum absolute atomic E-state index is 0.0968. The monoisotopic (exact) mass is 241 g/mol. The van der Waals surface area contributed by atoms with Crippen LogP contribution in [0.15, 0.2) is 0 Å². The fourth-order valence-corrected chi connectivity index (χ4v) is 3.07. The summed E-state index contributed by atoms with van der Waals surface area (Å²) in [6.07, 6.45) is 3.98. The number of rotatable bonds is 4. The van der Waals surface area contributed by atoms with Crippen LogP contribution in [0.2, 0.25) is 0 Å². The van der Waals surface area contributed by atoms with E-state index in [1.807, 2.05) is 0 Å². The lowest BCUT2D eigenvalue weighted by molar-refractivity contribution is -0.166. The number of hydrogen-bond donors (Lipinski definition) is 0. The Hall–Kier alpha value is -0.610. The van der Waals surface area contributed by atoms with E-state index in [0.29, 0.717) is 12.3 Å². The van der Waals surface area contributed by atoms with Crippen molar-refractivity contribution in [3.63, 3.8) is 0 Å². The molecule has 0 radical (unpaired) electrons. The highest BCUT2D eigenvalue weighted by Gasteiger charge is 2.46. The van der Waals surface area contributed by atoms with Gasteiger partial charge in [-0.25, -0.2) is 0 Å². The van der Waals surface area contributed by atoms with Gasteiger partial charge in [0.15, 0.2) is 0 Å². The zero-order chi connectivity index (χ0) is 12.3. The molecule has 0 aliphatic carbocycles. The molecule has 2 saturated heterocycles. The first-order valence-electron chi connectivity index (χ1n) is 6.49. The molecule has 0 bridgehead atoms. The van der Waals surface area contributed by atoms with Crippen molar-refractivity contribution in [1.82, 2.24) is 4.90 Å². The molecule has 2 fully saturated rings. The number of ether oxygens (including phenoxy) is 2. The summed E-state index contributed by atoms with van der Waals surface area (Å²) in [6.45, 7) is 3.99. The van der Waals surface area contributed by atoms with Gasteiger partial charge >= 0.3 is 5.97 Å². The molecule has 4 heteroatoms. The molecular formula is C13H23NO3. The highest BCUT2D eigenvalue weighted by atomic mass is 16.5. The van der Waals surface area contributed by atoms with Gasteiger partial charge in [-0.1, -0.05) is 0 Å². The maximum atomic E-state index is 11.3. The molecule has 0 spiro atoms. The van der Waals surface area contributed by atoms with E-state index < -0.39 is 0 Å². The van der Waals surface area contributed by atoms with Crippen LogP contribution in [0.1, 0.15) is 25.7 Å². The average Bonchev–Trinajstić information content (AvgIpc) is 2.27. The van der Waals surface area contributed by atoms with Crippen LogP contribution in [0.4, 0.5) is 0 Å². The zero-order valence-electron chi connectivity index (χ0n) is 10.9. The van der Waals surface area contributed by atoms with Crippen molar-refractivity contribution in [2.24, 2.45) is 11.3 Å². The Kier molecular flexibility index (Phi) is 4.05. The van der Waals surface area contributed by atoms with E-state index in [0.717, 1.165) is 26.2 Å². The van der Waals surface area contributed by atoms with Crippen LogP contribution in [-0.4, -0.2) is 51.3 Å². The largest absolute Gasteiger partial charge is 0.469 e. The van der Waals surface area contributed by atoms with Crippen molar-refractivity contribution >= 4 is 5.97 Å². The molecule has 0 saturated carbocycles. The van der Waals surface area contributed by atoms with Crippen molar-refractivity contribution in [2.45, 2.75) is 25.7 Å². The lowest BCUT2D eigenvalue weighted by atomic mass is 9.67. The quantitative estimate of drug-likeness (QED) is 0.695. The summed E-state index contributed by atoms with van der Waals surface area (Å²) < 4.78 is 10.2. The number of hydrogen-bond acceptors (Lipinski definition) is 4. The summed E-state index contributed by atoms with van der Waals surface area (Å²) in [6, 6.07) is 0. The van der Waals surface area contributed by atoms with E-state index in [4.69, 9.17) is 9.47 Å². The topological polar surface area (TPSA) is 38.8 Å². The van der Waals surface area contributed by atoms with E-state index in [9.17, 15) is 4.79 Å². The first kappa shape index (κ1) is 12.8. The van der Waals surface area contributed by atoms with Crippen molar-refractivity contribution < 1.29 is 14.3 Å². The van der Waals surface area contributed by atoms with E-state index in [-0.39, 0.29) is 11.4 Å². The highest BCUT2D eigenvalue weighted by molar-refractivity contribution is 5.69. The Morgan fingerprint density at radius 1 is 1.53 bits per heavy atom. The SMILES string of the molecule is COC(=O)CCC1(C2CCCN(C)C2)COC1. The van der Waals surface area contributed by atoms with Gasteiger partial charge in [-0.15, -0.1) is 0 Å². The Bertz CT molecular complexity index is 276. The van der Waals surface area contributed by atoms with Gasteiger partial charge in [-0.3, -0.25) is 4.79 Å². The molecule has 1 atom stereocenters. The van der Waals surface area contributed by atoms with Crippen LogP contribution in [0.5, 0.6) is 0 Å². The first-order valence-corrected chi connectivity index (χ1v) is 6.49. The maximum absolute atomic E-state index is 11.3. The van der Waals surface area contributed by atoms with Gasteiger partial charge in [0, 0.05) is 18.4 Å². The van der Waals surface area contributed by atoms with Crippen LogP contribution in [0.25, 0.3) is 0 Å². The van der Waals surface area contributed by atoms with Crippen LogP contribution in [0.3, 0.4) is 0 Å². The molecule has 2 aliphatic rings. The third kappa shape index (κ3) is 2.80. The molecule has 4 nitrogen and oxygen atoms in total. The zero-order valence-corrected chi connectivity index (χ0v) is 10.9. The van der Waals surface area contributed by atoms with E-state index >= 15 is 0 Å². The fourth-order valence-electron chi connectivity index (χ4n) is 3.07. The molecular weight excluding hydrogens is 218 g/mol. The summed E-state index contributed by atoms with van der Waals surface area (Å²) in [4.78, 5) is 13.7. The van der Waals surface area contributed by atoms with Gasteiger partial charge in [0.1, 0.15) is 0 Å². The highest BCUT2D eigenvalue weighted by Crippen LogP contribution is 2.44. The second-order valence-corrected chi connectivity index (χ2v) is 5.53. The normalized spacial score (nSPS) is 28.5. The minimum Gasteiger partial charge on any atom is -0.469 e. The van der Waals surface area contributed by atoms with E-state index in [1.54, 1.807) is 0 Å². The molecule has 1 unspecified atom stereocenters. The van der Waals surface area contributed by atoms with E-state index in [1.165, 1.54) is 26.5 Å². The smallest absolute Gasteiger partial charge is 0.305 e. The molecule has 2 aliphatic heterocycles. The Morgan fingerprint density at radius 3 is 2.82 bits per heavy atom. The molecule has 98 valence electrons. The molecule has 17 heavy (non-hydrogen) atoms. The van der Waals surface area contributed by atoms with Gasteiger partial charge in [0.2, 0.25) is 0 Å². The number of piperidine rings is 1. The first-order chi connectivity index (χ1) is 8.16. The lowest BCUT2D eigenvalue weighted by Crippen LogP contribution is -2.53. The van der Waals surface area contributed by atoms with Crippen LogP contribution in [0, 0.1) is 11.3 Å². The summed E-state index contributed by atoms with van der Waals surface area (Å²) >= 11 is 0. The molecule has 2 rings (SSSR count). The molecule has 2 heterocycles. The van der Waals surface area contributed by atoms with Gasteiger partial charge in [-0.2, -0.15) is 0 Å². The van der Waals surface area contributed by atoms with Crippen molar-refractivity contribution in [3.05, 3.63) is 0 Å². The number of nitrogens with zero attached hydrogens (tertiary/aromatic N) is 1. The third-order valence-corrected chi connectivity index (χ3v) is 4.32. The van der Waals surface area contributed by atoms with E-state index in [2.05, 4.69) is 11.9 Å². The average molecular weight is 241 g/mol. The molecule has 0 amide bonds. The molecule has 0 N–H and O–H groups in total. The molecule has 0 aromatic heterocycles. The van der Waals surface area contributed by atoms with Gasteiger partial charge in [0.25, 0.3) is 0 Å². The van der Waals surface area contributed by atoms with Crippen molar-refractivity contribution in [1.29, 1.82) is 0 Å². The van der Waals surface area contributed by atoms with Crippen LogP contribution < -0.4 is 0 Å². The molecule has 0 aromatic carbocycles.